The summed E-state index contributed by atoms with van der Waals surface area (Å²) >= 11 is 0. The van der Waals surface area contributed by atoms with Gasteiger partial charge in [0.25, 0.3) is 5.91 Å². The fraction of sp³-hybridized carbons (Fsp3) is 0.409. The number of benzene rings is 2. The van der Waals surface area contributed by atoms with Crippen LogP contribution in [0.5, 0.6) is 5.75 Å². The number of hydrogen-bond donors (Lipinski definition) is 1. The van der Waals surface area contributed by atoms with E-state index in [2.05, 4.69) is 34.7 Å². The summed E-state index contributed by atoms with van der Waals surface area (Å²) in [4.78, 5) is 17.1. The molecule has 1 saturated heterocycles. The number of amides is 1. The molecule has 0 aromatic heterocycles. The molecule has 1 N–H and O–H groups in total. The van der Waals surface area contributed by atoms with E-state index in [1.54, 1.807) is 17.0 Å². The van der Waals surface area contributed by atoms with Crippen molar-refractivity contribution in [3.05, 3.63) is 53.6 Å². The van der Waals surface area contributed by atoms with Gasteiger partial charge in [-0.1, -0.05) is 12.1 Å². The minimum atomic E-state index is -3.73. The average Bonchev–Trinajstić information content (AvgIpc) is 3.56. The van der Waals surface area contributed by atoms with Crippen LogP contribution in [0, 0.1) is 6.92 Å². The summed E-state index contributed by atoms with van der Waals surface area (Å²) < 4.78 is 33.3. The van der Waals surface area contributed by atoms with Crippen molar-refractivity contribution < 1.29 is 17.9 Å². The van der Waals surface area contributed by atoms with Crippen molar-refractivity contribution in [2.75, 3.05) is 38.2 Å². The normalized spacial score (nSPS) is 17.1. The minimum absolute atomic E-state index is 0.0150. The van der Waals surface area contributed by atoms with E-state index in [1.807, 2.05) is 6.07 Å². The van der Waals surface area contributed by atoms with E-state index in [0.717, 1.165) is 31.6 Å². The fourth-order valence-corrected chi connectivity index (χ4v) is 5.18. The molecule has 4 rings (SSSR count). The molecule has 1 heterocycles. The van der Waals surface area contributed by atoms with Crippen molar-refractivity contribution in [2.24, 2.45) is 0 Å². The van der Waals surface area contributed by atoms with Crippen LogP contribution < -0.4 is 14.4 Å². The predicted molar refractivity (Wildman–Crippen MR) is 116 cm³/mol. The van der Waals surface area contributed by atoms with Gasteiger partial charge >= 0.3 is 0 Å². The highest BCUT2D eigenvalue weighted by Crippen LogP contribution is 2.29. The van der Waals surface area contributed by atoms with Crippen LogP contribution >= 0.6 is 0 Å². The number of methoxy groups -OCH3 is 1. The van der Waals surface area contributed by atoms with Gasteiger partial charge in [0.2, 0.25) is 10.0 Å². The maximum absolute atomic E-state index is 13.1. The third kappa shape index (κ3) is 4.44. The Morgan fingerprint density at radius 2 is 1.80 bits per heavy atom. The first-order valence-electron chi connectivity index (χ1n) is 10.2. The van der Waals surface area contributed by atoms with Gasteiger partial charge in [-0.3, -0.25) is 4.79 Å². The Kier molecular flexibility index (Phi) is 5.71. The fourth-order valence-electron chi connectivity index (χ4n) is 3.68. The summed E-state index contributed by atoms with van der Waals surface area (Å²) in [5.74, 6) is 0.0772. The number of nitrogens with zero attached hydrogens (tertiary/aromatic N) is 2. The van der Waals surface area contributed by atoms with E-state index in [0.29, 0.717) is 18.7 Å². The van der Waals surface area contributed by atoms with E-state index >= 15 is 0 Å². The van der Waals surface area contributed by atoms with Crippen LogP contribution in [0.2, 0.25) is 0 Å². The standard InChI is InChI=1S/C22H27N3O4S/c1-16-4-3-5-19(14-16)24-10-12-25(13-11-24)22(26)17-6-9-20(29-2)21(15-17)30(27,28)23-18-7-8-18/h3-6,9,14-15,18,23H,7-8,10-13H2,1-2H3. The summed E-state index contributed by atoms with van der Waals surface area (Å²) in [6.45, 7) is 4.71. The van der Waals surface area contributed by atoms with E-state index in [-0.39, 0.29) is 22.6 Å². The number of hydrogen-bond acceptors (Lipinski definition) is 5. The molecule has 2 fully saturated rings. The first kappa shape index (κ1) is 20.7. The highest BCUT2D eigenvalue weighted by molar-refractivity contribution is 7.89. The number of anilines is 1. The maximum Gasteiger partial charge on any atom is 0.254 e. The molecule has 0 radical (unpaired) electrons. The van der Waals surface area contributed by atoms with Crippen molar-refractivity contribution >= 4 is 21.6 Å². The highest BCUT2D eigenvalue weighted by atomic mass is 32.2. The summed E-state index contributed by atoms with van der Waals surface area (Å²) in [7, 11) is -2.30. The summed E-state index contributed by atoms with van der Waals surface area (Å²) in [6.07, 6.45) is 1.68. The highest BCUT2D eigenvalue weighted by Gasteiger charge is 2.31. The molecule has 2 aliphatic rings. The van der Waals surface area contributed by atoms with Crippen molar-refractivity contribution in [1.82, 2.24) is 9.62 Å². The van der Waals surface area contributed by atoms with Crippen LogP contribution in [-0.2, 0) is 10.0 Å². The molecule has 0 bridgehead atoms. The Balaban J connectivity index is 1.49. The van der Waals surface area contributed by atoms with Crippen LogP contribution in [0.15, 0.2) is 47.4 Å². The Hall–Kier alpha value is -2.58. The second kappa shape index (κ2) is 8.28. The Labute approximate surface area is 177 Å². The summed E-state index contributed by atoms with van der Waals surface area (Å²) in [5, 5.41) is 0. The molecule has 1 amide bonds. The molecule has 1 aliphatic carbocycles. The van der Waals surface area contributed by atoms with Crippen molar-refractivity contribution in [2.45, 2.75) is 30.7 Å². The van der Waals surface area contributed by atoms with Crippen LogP contribution in [0.3, 0.4) is 0 Å². The van der Waals surface area contributed by atoms with Crippen LogP contribution in [0.25, 0.3) is 0 Å². The van der Waals surface area contributed by atoms with Gasteiger partial charge in [0, 0.05) is 43.5 Å². The molecule has 30 heavy (non-hydrogen) atoms. The number of carbonyl (C=O) groups excluding carboxylic acids is 1. The number of nitrogens with one attached hydrogen (secondary N) is 1. The first-order chi connectivity index (χ1) is 14.4. The number of sulfonamides is 1. The molecule has 160 valence electrons. The largest absolute Gasteiger partial charge is 0.495 e. The van der Waals surface area contributed by atoms with Crippen molar-refractivity contribution in [3.63, 3.8) is 0 Å². The maximum atomic E-state index is 13.1. The average molecular weight is 430 g/mol. The van der Waals surface area contributed by atoms with Crippen LogP contribution in [0.4, 0.5) is 5.69 Å². The number of carbonyl (C=O) groups is 1. The van der Waals surface area contributed by atoms with Gasteiger partial charge in [0.05, 0.1) is 7.11 Å². The second-order valence-corrected chi connectivity index (χ2v) is 9.56. The monoisotopic (exact) mass is 429 g/mol. The lowest BCUT2D eigenvalue weighted by atomic mass is 10.1. The van der Waals surface area contributed by atoms with Gasteiger partial charge in [-0.2, -0.15) is 0 Å². The van der Waals surface area contributed by atoms with E-state index in [4.69, 9.17) is 4.74 Å². The number of piperazine rings is 1. The third-order valence-corrected chi connectivity index (χ3v) is 7.07. The number of rotatable bonds is 6. The lowest BCUT2D eigenvalue weighted by Gasteiger charge is -2.36. The number of aryl methyl sites for hydroxylation is 1. The molecule has 8 heteroatoms. The summed E-state index contributed by atoms with van der Waals surface area (Å²) in [5.41, 5.74) is 2.72. The van der Waals surface area contributed by atoms with Crippen molar-refractivity contribution in [3.8, 4) is 5.75 Å². The smallest absolute Gasteiger partial charge is 0.254 e. The number of ether oxygens (including phenoxy) is 1. The van der Waals surface area contributed by atoms with Crippen LogP contribution in [0.1, 0.15) is 28.8 Å². The predicted octanol–water partition coefficient (Wildman–Crippen LogP) is 2.41. The molecular formula is C22H27N3O4S. The van der Waals surface area contributed by atoms with E-state index in [1.165, 1.54) is 18.7 Å². The Morgan fingerprint density at radius 3 is 2.43 bits per heavy atom. The lowest BCUT2D eigenvalue weighted by Crippen LogP contribution is -2.48. The minimum Gasteiger partial charge on any atom is -0.495 e. The van der Waals surface area contributed by atoms with E-state index in [9.17, 15) is 13.2 Å². The topological polar surface area (TPSA) is 79.0 Å². The second-order valence-electron chi connectivity index (χ2n) is 7.88. The third-order valence-electron chi connectivity index (χ3n) is 5.53. The zero-order chi connectivity index (χ0) is 21.3. The first-order valence-corrected chi connectivity index (χ1v) is 11.7. The summed E-state index contributed by atoms with van der Waals surface area (Å²) in [6, 6.07) is 12.9. The zero-order valence-corrected chi connectivity index (χ0v) is 18.1. The molecule has 0 unspecified atom stereocenters. The molecule has 7 nitrogen and oxygen atoms in total. The van der Waals surface area contributed by atoms with Gasteiger partial charge in [-0.05, 0) is 55.7 Å². The van der Waals surface area contributed by atoms with Crippen LogP contribution in [-0.4, -0.2) is 58.6 Å². The molecule has 1 aliphatic heterocycles. The molecule has 0 atom stereocenters. The Morgan fingerprint density at radius 1 is 1.07 bits per heavy atom. The van der Waals surface area contributed by atoms with Gasteiger partial charge in [0.15, 0.2) is 0 Å². The zero-order valence-electron chi connectivity index (χ0n) is 17.3. The van der Waals surface area contributed by atoms with Gasteiger partial charge in [0.1, 0.15) is 10.6 Å². The van der Waals surface area contributed by atoms with E-state index < -0.39 is 10.0 Å². The molecular weight excluding hydrogens is 402 g/mol. The van der Waals surface area contributed by atoms with Crippen molar-refractivity contribution in [1.29, 1.82) is 0 Å². The molecule has 2 aromatic rings. The quantitative estimate of drug-likeness (QED) is 0.763. The van der Waals surface area contributed by atoms with Gasteiger partial charge in [-0.25, -0.2) is 13.1 Å². The molecule has 2 aromatic carbocycles. The Bertz CT molecular complexity index is 1040. The van der Waals surface area contributed by atoms with Gasteiger partial charge in [-0.15, -0.1) is 0 Å². The van der Waals surface area contributed by atoms with Gasteiger partial charge < -0.3 is 14.5 Å². The molecule has 1 saturated carbocycles. The lowest BCUT2D eigenvalue weighted by molar-refractivity contribution is 0.0746. The molecule has 0 spiro atoms. The SMILES string of the molecule is COc1ccc(C(=O)N2CCN(c3cccc(C)c3)CC2)cc1S(=O)(=O)NC1CC1.